The van der Waals surface area contributed by atoms with E-state index in [1.54, 1.807) is 18.5 Å². The average Bonchev–Trinajstić information content (AvgIpc) is 2.88. The molecular weight excluding hydrogens is 244 g/mol. The number of furan rings is 1. The maximum Gasteiger partial charge on any atom is 0.338 e. The molecule has 5 nitrogen and oxygen atoms in total. The first-order chi connectivity index (χ1) is 9.19. The van der Waals surface area contributed by atoms with Crippen LogP contribution in [-0.2, 0) is 13.1 Å². The van der Waals surface area contributed by atoms with Crippen LogP contribution in [0.3, 0.4) is 0 Å². The number of hydrogen-bond donors (Lipinski definition) is 1. The van der Waals surface area contributed by atoms with Crippen molar-refractivity contribution >= 4 is 5.97 Å². The predicted molar refractivity (Wildman–Crippen MR) is 69.7 cm³/mol. The van der Waals surface area contributed by atoms with Crippen molar-refractivity contribution in [3.63, 3.8) is 0 Å². The second-order valence-corrected chi connectivity index (χ2v) is 4.27. The van der Waals surface area contributed by atoms with Gasteiger partial charge in [0.25, 0.3) is 0 Å². The van der Waals surface area contributed by atoms with Crippen LogP contribution in [0.4, 0.5) is 0 Å². The Kier molecular flexibility index (Phi) is 4.30. The maximum atomic E-state index is 10.8. The molecule has 0 atom stereocenters. The number of hydrogen-bond acceptors (Lipinski definition) is 4. The van der Waals surface area contributed by atoms with Crippen LogP contribution in [0.15, 0.2) is 41.3 Å². The number of carbonyl (C=O) groups is 1. The first-order valence-corrected chi connectivity index (χ1v) is 6.11. The van der Waals surface area contributed by atoms with Gasteiger partial charge in [0.2, 0.25) is 0 Å². The van der Waals surface area contributed by atoms with Crippen LogP contribution >= 0.6 is 0 Å². The summed E-state index contributed by atoms with van der Waals surface area (Å²) in [5.74, 6) is -0.305. The zero-order valence-corrected chi connectivity index (χ0v) is 10.7. The van der Waals surface area contributed by atoms with Gasteiger partial charge in [-0.2, -0.15) is 0 Å². The molecule has 2 heterocycles. The topological polar surface area (TPSA) is 66.6 Å². The molecule has 0 saturated heterocycles. The van der Waals surface area contributed by atoms with Gasteiger partial charge in [0.1, 0.15) is 12.0 Å². The Hall–Kier alpha value is -2.14. The highest BCUT2D eigenvalue weighted by atomic mass is 16.4. The molecule has 0 amide bonds. The molecule has 2 rings (SSSR count). The first-order valence-electron chi connectivity index (χ1n) is 6.11. The highest BCUT2D eigenvalue weighted by Crippen LogP contribution is 2.12. The summed E-state index contributed by atoms with van der Waals surface area (Å²) in [6.45, 7) is 4.28. The van der Waals surface area contributed by atoms with Crippen LogP contribution in [0.25, 0.3) is 0 Å². The van der Waals surface area contributed by atoms with Gasteiger partial charge < -0.3 is 9.52 Å². The number of aromatic carboxylic acids is 1. The van der Waals surface area contributed by atoms with E-state index >= 15 is 0 Å². The van der Waals surface area contributed by atoms with E-state index in [-0.39, 0.29) is 5.56 Å². The lowest BCUT2D eigenvalue weighted by Gasteiger charge is -2.18. The van der Waals surface area contributed by atoms with Gasteiger partial charge in [-0.05, 0) is 30.3 Å². The van der Waals surface area contributed by atoms with Crippen molar-refractivity contribution in [1.29, 1.82) is 0 Å². The lowest BCUT2D eigenvalue weighted by Crippen LogP contribution is -2.22. The summed E-state index contributed by atoms with van der Waals surface area (Å²) < 4.78 is 5.26. The second-order valence-electron chi connectivity index (χ2n) is 4.27. The van der Waals surface area contributed by atoms with Gasteiger partial charge >= 0.3 is 5.97 Å². The number of aromatic nitrogens is 1. The number of pyridine rings is 1. The molecular formula is C14H16N2O3. The third-order valence-electron chi connectivity index (χ3n) is 2.88. The fourth-order valence-corrected chi connectivity index (χ4v) is 1.82. The van der Waals surface area contributed by atoms with E-state index in [4.69, 9.17) is 9.52 Å². The van der Waals surface area contributed by atoms with Gasteiger partial charge in [-0.15, -0.1) is 0 Å². The lowest BCUT2D eigenvalue weighted by atomic mass is 10.2. The number of carboxylic acids is 1. The number of rotatable bonds is 6. The molecule has 0 radical (unpaired) electrons. The molecule has 0 aliphatic carbocycles. The molecule has 5 heteroatoms. The third-order valence-corrected chi connectivity index (χ3v) is 2.88. The van der Waals surface area contributed by atoms with Crippen LogP contribution in [0.5, 0.6) is 0 Å². The van der Waals surface area contributed by atoms with E-state index < -0.39 is 5.97 Å². The Bertz CT molecular complexity index is 537. The first kappa shape index (κ1) is 13.3. The average molecular weight is 260 g/mol. The SMILES string of the molecule is CCN(Cc1ccncc1)Cc1cc(C(=O)O)co1. The Morgan fingerprint density at radius 3 is 2.68 bits per heavy atom. The predicted octanol–water partition coefficient (Wildman–Crippen LogP) is 2.39. The fraction of sp³-hybridized carbons (Fsp3) is 0.286. The van der Waals surface area contributed by atoms with Crippen LogP contribution in [0.2, 0.25) is 0 Å². The largest absolute Gasteiger partial charge is 0.478 e. The van der Waals surface area contributed by atoms with Crippen molar-refractivity contribution in [2.45, 2.75) is 20.0 Å². The summed E-state index contributed by atoms with van der Waals surface area (Å²) in [5.41, 5.74) is 1.36. The van der Waals surface area contributed by atoms with E-state index in [0.29, 0.717) is 12.3 Å². The smallest absolute Gasteiger partial charge is 0.338 e. The van der Waals surface area contributed by atoms with Crippen molar-refractivity contribution in [3.05, 3.63) is 53.7 Å². The molecule has 0 fully saturated rings. The summed E-state index contributed by atoms with van der Waals surface area (Å²) in [7, 11) is 0. The van der Waals surface area contributed by atoms with Gasteiger partial charge in [-0.25, -0.2) is 4.79 Å². The summed E-state index contributed by atoms with van der Waals surface area (Å²) in [6, 6.07) is 5.50. The molecule has 2 aromatic heterocycles. The summed E-state index contributed by atoms with van der Waals surface area (Å²) >= 11 is 0. The molecule has 19 heavy (non-hydrogen) atoms. The van der Waals surface area contributed by atoms with Crippen LogP contribution in [0.1, 0.15) is 28.6 Å². The number of carboxylic acid groups (broad SMARTS) is 1. The molecule has 100 valence electrons. The minimum atomic E-state index is -0.966. The minimum Gasteiger partial charge on any atom is -0.478 e. The number of nitrogens with zero attached hydrogens (tertiary/aromatic N) is 2. The molecule has 0 spiro atoms. The molecule has 1 N–H and O–H groups in total. The van der Waals surface area contributed by atoms with Gasteiger partial charge in [0, 0.05) is 18.9 Å². The molecule has 0 aromatic carbocycles. The van der Waals surface area contributed by atoms with Gasteiger partial charge in [-0.3, -0.25) is 9.88 Å². The van der Waals surface area contributed by atoms with Crippen LogP contribution in [-0.4, -0.2) is 27.5 Å². The monoisotopic (exact) mass is 260 g/mol. The van der Waals surface area contributed by atoms with Crippen molar-refractivity contribution in [3.8, 4) is 0 Å². The molecule has 0 aliphatic rings. The molecule has 2 aromatic rings. The van der Waals surface area contributed by atoms with E-state index in [0.717, 1.165) is 13.1 Å². The molecule has 0 saturated carbocycles. The summed E-state index contributed by atoms with van der Waals surface area (Å²) in [4.78, 5) is 16.9. The fourth-order valence-electron chi connectivity index (χ4n) is 1.82. The lowest BCUT2D eigenvalue weighted by molar-refractivity contribution is 0.0696. The van der Waals surface area contributed by atoms with E-state index in [2.05, 4.69) is 16.8 Å². The molecule has 0 unspecified atom stereocenters. The Balaban J connectivity index is 2.00. The van der Waals surface area contributed by atoms with E-state index in [1.807, 2.05) is 12.1 Å². The zero-order chi connectivity index (χ0) is 13.7. The quantitative estimate of drug-likeness (QED) is 0.863. The van der Waals surface area contributed by atoms with Gasteiger partial charge in [0.05, 0.1) is 12.1 Å². The summed E-state index contributed by atoms with van der Waals surface area (Å²) in [6.07, 6.45) is 4.80. The van der Waals surface area contributed by atoms with E-state index in [9.17, 15) is 4.79 Å². The molecule has 0 bridgehead atoms. The zero-order valence-electron chi connectivity index (χ0n) is 10.7. The summed E-state index contributed by atoms with van der Waals surface area (Å²) in [5, 5.41) is 8.84. The van der Waals surface area contributed by atoms with Crippen molar-refractivity contribution < 1.29 is 14.3 Å². The second kappa shape index (κ2) is 6.15. The normalized spacial score (nSPS) is 10.8. The Morgan fingerprint density at radius 2 is 2.11 bits per heavy atom. The van der Waals surface area contributed by atoms with Crippen molar-refractivity contribution in [2.24, 2.45) is 0 Å². The van der Waals surface area contributed by atoms with Crippen molar-refractivity contribution in [2.75, 3.05) is 6.54 Å². The Labute approximate surface area is 111 Å². The highest BCUT2D eigenvalue weighted by molar-refractivity contribution is 5.87. The minimum absolute atomic E-state index is 0.190. The van der Waals surface area contributed by atoms with Gasteiger partial charge in [0.15, 0.2) is 0 Å². The van der Waals surface area contributed by atoms with Crippen molar-refractivity contribution in [1.82, 2.24) is 9.88 Å². The van der Waals surface area contributed by atoms with Crippen LogP contribution in [0, 0.1) is 0 Å². The highest BCUT2D eigenvalue weighted by Gasteiger charge is 2.11. The standard InChI is InChI=1S/C14H16N2O3/c1-2-16(8-11-3-5-15-6-4-11)9-13-7-12(10-19-13)14(17)18/h3-7,10H,2,8-9H2,1H3,(H,17,18). The Morgan fingerprint density at radius 1 is 1.37 bits per heavy atom. The van der Waals surface area contributed by atoms with E-state index in [1.165, 1.54) is 11.8 Å². The third kappa shape index (κ3) is 3.66. The van der Waals surface area contributed by atoms with Gasteiger partial charge in [-0.1, -0.05) is 6.92 Å². The van der Waals surface area contributed by atoms with Crippen LogP contribution < -0.4 is 0 Å². The maximum absolute atomic E-state index is 10.8. The molecule has 0 aliphatic heterocycles.